The van der Waals surface area contributed by atoms with Gasteiger partial charge < -0.3 is 11.1 Å². The van der Waals surface area contributed by atoms with Crippen LogP contribution in [0.25, 0.3) is 0 Å². The van der Waals surface area contributed by atoms with Crippen LogP contribution in [0.2, 0.25) is 0 Å². The van der Waals surface area contributed by atoms with Crippen molar-refractivity contribution in [1.29, 1.82) is 0 Å². The number of hydrogen-bond donors (Lipinski definition) is 2. The van der Waals surface area contributed by atoms with Crippen molar-refractivity contribution in [1.82, 2.24) is 0 Å². The summed E-state index contributed by atoms with van der Waals surface area (Å²) >= 11 is 0. The average molecular weight is 204 g/mol. The van der Waals surface area contributed by atoms with Crippen molar-refractivity contribution >= 4 is 11.4 Å². The number of aryl methyl sites for hydroxylation is 1. The van der Waals surface area contributed by atoms with Crippen molar-refractivity contribution in [3.05, 3.63) is 23.8 Å². The molecule has 0 aromatic heterocycles. The van der Waals surface area contributed by atoms with Gasteiger partial charge in [0.05, 0.1) is 11.4 Å². The van der Waals surface area contributed by atoms with Crippen molar-refractivity contribution in [2.24, 2.45) is 5.92 Å². The van der Waals surface area contributed by atoms with Crippen LogP contribution < -0.4 is 11.1 Å². The molecule has 1 atom stereocenters. The molecule has 15 heavy (non-hydrogen) atoms. The van der Waals surface area contributed by atoms with Crippen LogP contribution in [-0.2, 0) is 0 Å². The van der Waals surface area contributed by atoms with Gasteiger partial charge in [-0.05, 0) is 44.2 Å². The zero-order valence-electron chi connectivity index (χ0n) is 9.59. The van der Waals surface area contributed by atoms with Crippen LogP contribution in [0.5, 0.6) is 0 Å². The van der Waals surface area contributed by atoms with Crippen LogP contribution in [0.4, 0.5) is 11.4 Å². The number of nitrogen functional groups attached to an aromatic ring is 1. The first-order chi connectivity index (χ1) is 7.18. The standard InChI is InChI=1S/C13H20N2/c1-9-5-3-8-12(13(9)14)15-10(2)11-6-4-7-11/h3,5,8,10-11,15H,4,6-7,14H2,1-2H3. The van der Waals surface area contributed by atoms with E-state index in [0.717, 1.165) is 22.9 Å². The molecule has 1 unspecified atom stereocenters. The van der Waals surface area contributed by atoms with Gasteiger partial charge in [-0.25, -0.2) is 0 Å². The Bertz CT molecular complexity index is 342. The number of rotatable bonds is 3. The van der Waals surface area contributed by atoms with Gasteiger partial charge in [0, 0.05) is 6.04 Å². The molecule has 0 heterocycles. The van der Waals surface area contributed by atoms with Gasteiger partial charge in [-0.3, -0.25) is 0 Å². The minimum absolute atomic E-state index is 0.544. The van der Waals surface area contributed by atoms with E-state index in [2.05, 4.69) is 37.4 Å². The van der Waals surface area contributed by atoms with Gasteiger partial charge in [-0.2, -0.15) is 0 Å². The van der Waals surface area contributed by atoms with Gasteiger partial charge in [0.2, 0.25) is 0 Å². The molecule has 1 saturated carbocycles. The summed E-state index contributed by atoms with van der Waals surface area (Å²) in [5.41, 5.74) is 9.17. The van der Waals surface area contributed by atoms with Crippen molar-refractivity contribution in [3.63, 3.8) is 0 Å². The SMILES string of the molecule is Cc1cccc(NC(C)C2CCC2)c1N. The predicted molar refractivity (Wildman–Crippen MR) is 66.0 cm³/mol. The molecule has 1 aromatic rings. The molecule has 0 amide bonds. The highest BCUT2D eigenvalue weighted by Gasteiger charge is 2.23. The lowest BCUT2D eigenvalue weighted by molar-refractivity contribution is 0.285. The highest BCUT2D eigenvalue weighted by molar-refractivity contribution is 5.69. The summed E-state index contributed by atoms with van der Waals surface area (Å²) in [6, 6.07) is 6.72. The van der Waals surface area contributed by atoms with E-state index in [1.807, 2.05) is 0 Å². The second-order valence-corrected chi connectivity index (χ2v) is 4.66. The summed E-state index contributed by atoms with van der Waals surface area (Å²) < 4.78 is 0. The van der Waals surface area contributed by atoms with E-state index >= 15 is 0 Å². The summed E-state index contributed by atoms with van der Waals surface area (Å²) in [5.74, 6) is 0.838. The van der Waals surface area contributed by atoms with Gasteiger partial charge in [-0.15, -0.1) is 0 Å². The molecule has 0 aliphatic heterocycles. The fraction of sp³-hybridized carbons (Fsp3) is 0.538. The zero-order chi connectivity index (χ0) is 10.8. The first-order valence-corrected chi connectivity index (χ1v) is 5.80. The molecular weight excluding hydrogens is 184 g/mol. The second kappa shape index (κ2) is 4.13. The van der Waals surface area contributed by atoms with E-state index < -0.39 is 0 Å². The quantitative estimate of drug-likeness (QED) is 0.742. The first kappa shape index (κ1) is 10.3. The number of nitrogens with two attached hydrogens (primary N) is 1. The Morgan fingerprint density at radius 2 is 2.13 bits per heavy atom. The van der Waals surface area contributed by atoms with E-state index in [9.17, 15) is 0 Å². The van der Waals surface area contributed by atoms with Gasteiger partial charge in [0.15, 0.2) is 0 Å². The predicted octanol–water partition coefficient (Wildman–Crippen LogP) is 3.18. The summed E-state index contributed by atoms with van der Waals surface area (Å²) in [7, 11) is 0. The van der Waals surface area contributed by atoms with E-state index in [0.29, 0.717) is 6.04 Å². The second-order valence-electron chi connectivity index (χ2n) is 4.66. The molecule has 2 heteroatoms. The van der Waals surface area contributed by atoms with E-state index in [-0.39, 0.29) is 0 Å². The Morgan fingerprint density at radius 3 is 2.73 bits per heavy atom. The molecular formula is C13H20N2. The normalized spacial score (nSPS) is 18.3. The van der Waals surface area contributed by atoms with Crippen molar-refractivity contribution in [3.8, 4) is 0 Å². The molecule has 0 radical (unpaired) electrons. The molecule has 1 fully saturated rings. The highest BCUT2D eigenvalue weighted by atomic mass is 14.9. The Labute approximate surface area is 91.9 Å². The third-order valence-electron chi connectivity index (χ3n) is 3.56. The molecule has 0 spiro atoms. The molecule has 0 bridgehead atoms. The maximum atomic E-state index is 6.03. The van der Waals surface area contributed by atoms with Crippen LogP contribution in [0, 0.1) is 12.8 Å². The third-order valence-corrected chi connectivity index (χ3v) is 3.56. The minimum atomic E-state index is 0.544. The van der Waals surface area contributed by atoms with Crippen LogP contribution in [-0.4, -0.2) is 6.04 Å². The monoisotopic (exact) mass is 204 g/mol. The first-order valence-electron chi connectivity index (χ1n) is 5.80. The number of benzene rings is 1. The summed E-state index contributed by atoms with van der Waals surface area (Å²) in [6.07, 6.45) is 4.11. The van der Waals surface area contributed by atoms with Crippen LogP contribution >= 0.6 is 0 Å². The van der Waals surface area contributed by atoms with E-state index in [1.165, 1.54) is 19.3 Å². The molecule has 1 aromatic carbocycles. The van der Waals surface area contributed by atoms with Crippen molar-refractivity contribution in [2.75, 3.05) is 11.1 Å². The Balaban J connectivity index is 2.06. The fourth-order valence-electron chi connectivity index (χ4n) is 2.11. The molecule has 2 nitrogen and oxygen atoms in total. The topological polar surface area (TPSA) is 38.0 Å². The van der Waals surface area contributed by atoms with E-state index in [1.54, 1.807) is 0 Å². The molecule has 82 valence electrons. The lowest BCUT2D eigenvalue weighted by Crippen LogP contribution is -2.31. The number of nitrogens with one attached hydrogen (secondary N) is 1. The van der Waals surface area contributed by atoms with Crippen LogP contribution in [0.3, 0.4) is 0 Å². The molecule has 3 N–H and O–H groups in total. The van der Waals surface area contributed by atoms with Gasteiger partial charge >= 0.3 is 0 Å². The fourth-order valence-corrected chi connectivity index (χ4v) is 2.11. The summed E-state index contributed by atoms with van der Waals surface area (Å²) in [5, 5.41) is 3.53. The average Bonchev–Trinajstić information content (AvgIpc) is 2.10. The minimum Gasteiger partial charge on any atom is -0.397 e. The lowest BCUT2D eigenvalue weighted by Gasteiger charge is -2.33. The van der Waals surface area contributed by atoms with Crippen LogP contribution in [0.15, 0.2) is 18.2 Å². The Morgan fingerprint density at radius 1 is 1.40 bits per heavy atom. The largest absolute Gasteiger partial charge is 0.397 e. The number of para-hydroxylation sites is 1. The Kier molecular flexibility index (Phi) is 2.85. The van der Waals surface area contributed by atoms with E-state index in [4.69, 9.17) is 5.73 Å². The maximum Gasteiger partial charge on any atom is 0.0579 e. The summed E-state index contributed by atoms with van der Waals surface area (Å²) in [6.45, 7) is 4.31. The molecule has 0 saturated heterocycles. The molecule has 2 rings (SSSR count). The van der Waals surface area contributed by atoms with Gasteiger partial charge in [-0.1, -0.05) is 18.6 Å². The number of hydrogen-bond acceptors (Lipinski definition) is 2. The highest BCUT2D eigenvalue weighted by Crippen LogP contribution is 2.32. The van der Waals surface area contributed by atoms with Crippen molar-refractivity contribution in [2.45, 2.75) is 39.2 Å². The maximum absolute atomic E-state index is 6.03. The van der Waals surface area contributed by atoms with Crippen LogP contribution in [0.1, 0.15) is 31.7 Å². The van der Waals surface area contributed by atoms with Gasteiger partial charge in [0.1, 0.15) is 0 Å². The zero-order valence-corrected chi connectivity index (χ0v) is 9.59. The lowest BCUT2D eigenvalue weighted by atomic mass is 9.80. The van der Waals surface area contributed by atoms with Gasteiger partial charge in [0.25, 0.3) is 0 Å². The number of anilines is 2. The van der Waals surface area contributed by atoms with Crippen molar-refractivity contribution < 1.29 is 0 Å². The summed E-state index contributed by atoms with van der Waals surface area (Å²) in [4.78, 5) is 0. The Hall–Kier alpha value is -1.18. The third kappa shape index (κ3) is 2.09. The smallest absolute Gasteiger partial charge is 0.0579 e. The molecule has 1 aliphatic carbocycles. The molecule has 1 aliphatic rings.